The van der Waals surface area contributed by atoms with E-state index in [0.717, 1.165) is 12.0 Å². The van der Waals surface area contributed by atoms with Gasteiger partial charge in [-0.1, -0.05) is 25.1 Å². The molecule has 0 heterocycles. The number of phenolic OH excluding ortho intramolecular Hbond substituents is 1. The van der Waals surface area contributed by atoms with Gasteiger partial charge in [-0.2, -0.15) is 5.26 Å². The lowest BCUT2D eigenvalue weighted by molar-refractivity contribution is -0.384. The normalized spacial score (nSPS) is 10.1. The minimum atomic E-state index is -0.516. The summed E-state index contributed by atoms with van der Waals surface area (Å²) in [6.45, 7) is 3.10. The molecule has 0 saturated carbocycles. The van der Waals surface area contributed by atoms with Crippen molar-refractivity contribution in [3.05, 3.63) is 63.7 Å². The zero-order chi connectivity index (χ0) is 16.8. The fourth-order valence-electron chi connectivity index (χ4n) is 2.41. The van der Waals surface area contributed by atoms with Crippen molar-refractivity contribution in [2.75, 3.05) is 11.4 Å². The summed E-state index contributed by atoms with van der Waals surface area (Å²) in [4.78, 5) is 12.3. The van der Waals surface area contributed by atoms with Crippen molar-refractivity contribution in [3.63, 3.8) is 0 Å². The lowest BCUT2D eigenvalue weighted by Gasteiger charge is -2.25. The number of aromatic hydroxyl groups is 1. The molecule has 0 aromatic heterocycles. The number of hydrogen-bond acceptors (Lipinski definition) is 5. The largest absolute Gasteiger partial charge is 0.508 e. The van der Waals surface area contributed by atoms with Crippen LogP contribution in [0.5, 0.6) is 5.75 Å². The Kier molecular flexibility index (Phi) is 5.15. The number of phenols is 1. The SMILES string of the molecule is CCCN(Cc1ccccc1O)c1ccc([N+](=O)[O-])cc1C#N. The molecule has 2 rings (SSSR count). The zero-order valence-electron chi connectivity index (χ0n) is 12.8. The lowest BCUT2D eigenvalue weighted by atomic mass is 10.1. The molecule has 0 saturated heterocycles. The van der Waals surface area contributed by atoms with E-state index in [9.17, 15) is 20.5 Å². The van der Waals surface area contributed by atoms with Gasteiger partial charge >= 0.3 is 0 Å². The summed E-state index contributed by atoms with van der Waals surface area (Å²) in [7, 11) is 0. The Morgan fingerprint density at radius 1 is 1.30 bits per heavy atom. The summed E-state index contributed by atoms with van der Waals surface area (Å²) >= 11 is 0. The van der Waals surface area contributed by atoms with Gasteiger partial charge in [0.25, 0.3) is 5.69 Å². The van der Waals surface area contributed by atoms with Crippen LogP contribution in [-0.2, 0) is 6.54 Å². The highest BCUT2D eigenvalue weighted by Gasteiger charge is 2.16. The van der Waals surface area contributed by atoms with Gasteiger partial charge in [-0.15, -0.1) is 0 Å². The Morgan fingerprint density at radius 3 is 2.65 bits per heavy atom. The highest BCUT2D eigenvalue weighted by Crippen LogP contribution is 2.28. The molecule has 0 aliphatic heterocycles. The predicted molar refractivity (Wildman–Crippen MR) is 87.3 cm³/mol. The summed E-state index contributed by atoms with van der Waals surface area (Å²) in [6, 6.07) is 13.3. The molecule has 2 aromatic rings. The molecule has 0 amide bonds. The Morgan fingerprint density at radius 2 is 2.04 bits per heavy atom. The van der Waals surface area contributed by atoms with Crippen LogP contribution >= 0.6 is 0 Å². The minimum Gasteiger partial charge on any atom is -0.508 e. The molecule has 6 nitrogen and oxygen atoms in total. The van der Waals surface area contributed by atoms with Crippen molar-refractivity contribution < 1.29 is 10.0 Å². The van der Waals surface area contributed by atoms with Gasteiger partial charge in [0, 0.05) is 30.8 Å². The second-order valence-corrected chi connectivity index (χ2v) is 5.12. The van der Waals surface area contributed by atoms with Gasteiger partial charge in [-0.3, -0.25) is 10.1 Å². The summed E-state index contributed by atoms with van der Waals surface area (Å²) in [5.41, 5.74) is 1.51. The number of benzene rings is 2. The van der Waals surface area contributed by atoms with Crippen LogP contribution < -0.4 is 4.90 Å². The van der Waals surface area contributed by atoms with Gasteiger partial charge in [0.1, 0.15) is 11.8 Å². The maximum atomic E-state index is 10.9. The molecule has 0 fully saturated rings. The zero-order valence-corrected chi connectivity index (χ0v) is 12.8. The first kappa shape index (κ1) is 16.3. The van der Waals surface area contributed by atoms with Crippen molar-refractivity contribution in [1.82, 2.24) is 0 Å². The molecular weight excluding hydrogens is 294 g/mol. The van der Waals surface area contributed by atoms with E-state index in [1.165, 1.54) is 12.1 Å². The molecule has 23 heavy (non-hydrogen) atoms. The van der Waals surface area contributed by atoms with E-state index in [-0.39, 0.29) is 17.0 Å². The molecular formula is C17H17N3O3. The standard InChI is InChI=1S/C17H17N3O3/c1-2-9-19(12-13-5-3-4-6-17(13)21)16-8-7-15(20(22)23)10-14(16)11-18/h3-8,10,21H,2,9,12H2,1H3. The number of anilines is 1. The molecule has 0 radical (unpaired) electrons. The van der Waals surface area contributed by atoms with Gasteiger partial charge < -0.3 is 10.0 Å². The second-order valence-electron chi connectivity index (χ2n) is 5.12. The average molecular weight is 311 g/mol. The molecule has 0 atom stereocenters. The van der Waals surface area contributed by atoms with Gasteiger partial charge in [0.05, 0.1) is 16.2 Å². The van der Waals surface area contributed by atoms with Crippen LogP contribution in [0.3, 0.4) is 0 Å². The van der Waals surface area contributed by atoms with Crippen LogP contribution in [-0.4, -0.2) is 16.6 Å². The van der Waals surface area contributed by atoms with Gasteiger partial charge in [0.2, 0.25) is 0 Å². The quantitative estimate of drug-likeness (QED) is 0.650. The van der Waals surface area contributed by atoms with Crippen molar-refractivity contribution >= 4 is 11.4 Å². The van der Waals surface area contributed by atoms with E-state index < -0.39 is 4.92 Å². The molecule has 2 aromatic carbocycles. The number of nitriles is 1. The van der Waals surface area contributed by atoms with Crippen molar-refractivity contribution in [3.8, 4) is 11.8 Å². The molecule has 0 spiro atoms. The van der Waals surface area contributed by atoms with Crippen molar-refractivity contribution in [2.24, 2.45) is 0 Å². The Balaban J connectivity index is 2.40. The van der Waals surface area contributed by atoms with Crippen LogP contribution in [0.15, 0.2) is 42.5 Å². The van der Waals surface area contributed by atoms with Gasteiger partial charge in [-0.05, 0) is 18.6 Å². The molecule has 118 valence electrons. The summed E-state index contributed by atoms with van der Waals surface area (Å²) in [5, 5.41) is 30.1. The minimum absolute atomic E-state index is 0.107. The predicted octanol–water partition coefficient (Wildman–Crippen LogP) is 3.59. The number of non-ortho nitro benzene ring substituents is 1. The number of hydrogen-bond donors (Lipinski definition) is 1. The van der Waals surface area contributed by atoms with E-state index in [1.54, 1.807) is 18.2 Å². The summed E-state index contributed by atoms with van der Waals surface area (Å²) < 4.78 is 0. The summed E-state index contributed by atoms with van der Waals surface area (Å²) in [5.74, 6) is 0.189. The molecule has 1 N–H and O–H groups in total. The van der Waals surface area contributed by atoms with Crippen LogP contribution in [0.1, 0.15) is 24.5 Å². The van der Waals surface area contributed by atoms with Crippen molar-refractivity contribution in [1.29, 1.82) is 5.26 Å². The van der Waals surface area contributed by atoms with Crippen LogP contribution in [0.2, 0.25) is 0 Å². The summed E-state index contributed by atoms with van der Waals surface area (Å²) in [6.07, 6.45) is 0.843. The molecule has 0 aliphatic rings. The van der Waals surface area contributed by atoms with Gasteiger partial charge in [-0.25, -0.2) is 0 Å². The monoisotopic (exact) mass is 311 g/mol. The maximum absolute atomic E-state index is 10.9. The van der Waals surface area contributed by atoms with E-state index in [0.29, 0.717) is 18.8 Å². The van der Waals surface area contributed by atoms with Crippen LogP contribution in [0.25, 0.3) is 0 Å². The van der Waals surface area contributed by atoms with E-state index >= 15 is 0 Å². The first-order valence-electron chi connectivity index (χ1n) is 7.27. The van der Waals surface area contributed by atoms with Crippen LogP contribution in [0, 0.1) is 21.4 Å². The Hall–Kier alpha value is -3.07. The number of para-hydroxylation sites is 1. The number of nitro groups is 1. The Labute approximate surface area is 134 Å². The Bertz CT molecular complexity index is 753. The number of nitrogens with zero attached hydrogens (tertiary/aromatic N) is 3. The molecule has 0 aliphatic carbocycles. The maximum Gasteiger partial charge on any atom is 0.270 e. The lowest BCUT2D eigenvalue weighted by Crippen LogP contribution is -2.24. The third-order valence-electron chi connectivity index (χ3n) is 3.50. The van der Waals surface area contributed by atoms with E-state index in [2.05, 4.69) is 0 Å². The van der Waals surface area contributed by atoms with E-state index in [1.807, 2.05) is 30.0 Å². The van der Waals surface area contributed by atoms with E-state index in [4.69, 9.17) is 0 Å². The average Bonchev–Trinajstić information content (AvgIpc) is 2.55. The topological polar surface area (TPSA) is 90.4 Å². The number of rotatable bonds is 6. The third kappa shape index (κ3) is 3.77. The smallest absolute Gasteiger partial charge is 0.270 e. The number of nitro benzene ring substituents is 1. The molecule has 0 unspecified atom stereocenters. The fraction of sp³-hybridized carbons (Fsp3) is 0.235. The molecule has 0 bridgehead atoms. The second kappa shape index (κ2) is 7.27. The highest BCUT2D eigenvalue weighted by molar-refractivity contribution is 5.63. The first-order valence-corrected chi connectivity index (χ1v) is 7.27. The fourth-order valence-corrected chi connectivity index (χ4v) is 2.41. The van der Waals surface area contributed by atoms with Crippen LogP contribution in [0.4, 0.5) is 11.4 Å². The third-order valence-corrected chi connectivity index (χ3v) is 3.50. The van der Waals surface area contributed by atoms with Gasteiger partial charge in [0.15, 0.2) is 0 Å². The highest BCUT2D eigenvalue weighted by atomic mass is 16.6. The molecule has 6 heteroatoms. The first-order chi connectivity index (χ1) is 11.1. The van der Waals surface area contributed by atoms with Crippen molar-refractivity contribution in [2.45, 2.75) is 19.9 Å².